The van der Waals surface area contributed by atoms with Crippen LogP contribution in [-0.2, 0) is 14.4 Å². The molecule has 5 heteroatoms. The summed E-state index contributed by atoms with van der Waals surface area (Å²) in [5.41, 5.74) is -1.42. The number of ketones is 1. The summed E-state index contributed by atoms with van der Waals surface area (Å²) >= 11 is 0. The molecule has 1 unspecified atom stereocenters. The van der Waals surface area contributed by atoms with E-state index < -0.39 is 17.9 Å². The van der Waals surface area contributed by atoms with Gasteiger partial charge >= 0.3 is 5.97 Å². The summed E-state index contributed by atoms with van der Waals surface area (Å²) in [4.78, 5) is 38.1. The van der Waals surface area contributed by atoms with Crippen LogP contribution in [0.4, 0.5) is 0 Å². The number of hydrogen-bond donors (Lipinski definition) is 1. The molecular formula is C13H11NO4. The van der Waals surface area contributed by atoms with Gasteiger partial charge in [-0.1, -0.05) is 18.2 Å². The van der Waals surface area contributed by atoms with Crippen molar-refractivity contribution in [3.8, 4) is 0 Å². The Hall–Kier alpha value is -2.30. The second kappa shape index (κ2) is 4.18. The van der Waals surface area contributed by atoms with Crippen LogP contribution in [0.1, 0.15) is 13.3 Å². The molecule has 5 nitrogen and oxygen atoms in total. The highest BCUT2D eigenvalue weighted by Crippen LogP contribution is 2.26. The van der Waals surface area contributed by atoms with Gasteiger partial charge in [0.25, 0.3) is 0 Å². The number of aliphatic carboxylic acids is 1. The third-order valence-corrected chi connectivity index (χ3v) is 2.89. The molecule has 0 amide bonds. The molecule has 1 aromatic rings. The summed E-state index contributed by atoms with van der Waals surface area (Å²) in [7, 11) is 0. The Morgan fingerprint density at radius 3 is 2.61 bits per heavy atom. The van der Waals surface area contributed by atoms with Crippen molar-refractivity contribution in [3.63, 3.8) is 0 Å². The van der Waals surface area contributed by atoms with E-state index in [9.17, 15) is 14.4 Å². The Labute approximate surface area is 102 Å². The lowest BCUT2D eigenvalue weighted by atomic mass is 9.86. The Bertz CT molecular complexity index is 662. The predicted molar refractivity (Wildman–Crippen MR) is 62.4 cm³/mol. The molecule has 0 aromatic heterocycles. The molecule has 0 aliphatic carbocycles. The molecule has 1 atom stereocenters. The van der Waals surface area contributed by atoms with Crippen LogP contribution in [0.2, 0.25) is 0 Å². The highest BCUT2D eigenvalue weighted by Gasteiger charge is 2.41. The Morgan fingerprint density at radius 2 is 2.06 bits per heavy atom. The number of carbonyl (C=O) groups excluding carboxylic acids is 2. The summed E-state index contributed by atoms with van der Waals surface area (Å²) in [6.45, 7) is 1.31. The number of carboxylic acids is 1. The highest BCUT2D eigenvalue weighted by atomic mass is 16.4. The molecule has 0 saturated carbocycles. The fraction of sp³-hybridized carbons (Fsp3) is 0.231. The normalized spacial score (nSPS) is 21.1. The van der Waals surface area contributed by atoms with Crippen molar-refractivity contribution >= 4 is 23.6 Å². The molecule has 0 radical (unpaired) electrons. The Balaban J connectivity index is 2.80. The molecule has 2 rings (SSSR count). The van der Waals surface area contributed by atoms with Gasteiger partial charge in [0.1, 0.15) is 0 Å². The van der Waals surface area contributed by atoms with Gasteiger partial charge in [-0.25, -0.2) is 0 Å². The van der Waals surface area contributed by atoms with Gasteiger partial charge in [-0.3, -0.25) is 14.6 Å². The number of benzene rings is 1. The van der Waals surface area contributed by atoms with E-state index in [1.165, 1.54) is 6.92 Å². The van der Waals surface area contributed by atoms with Gasteiger partial charge in [0, 0.05) is 10.8 Å². The van der Waals surface area contributed by atoms with Crippen molar-refractivity contribution in [1.82, 2.24) is 0 Å². The number of hydrogen-bond acceptors (Lipinski definition) is 4. The molecule has 1 heterocycles. The number of rotatable bonds is 4. The van der Waals surface area contributed by atoms with Crippen molar-refractivity contribution in [2.24, 2.45) is 4.99 Å². The first-order valence-electron chi connectivity index (χ1n) is 5.39. The first kappa shape index (κ1) is 12.2. The summed E-state index contributed by atoms with van der Waals surface area (Å²) in [5, 5.41) is 9.93. The van der Waals surface area contributed by atoms with Crippen molar-refractivity contribution in [3.05, 3.63) is 34.8 Å². The number of para-hydroxylation sites is 1. The van der Waals surface area contributed by atoms with E-state index in [0.29, 0.717) is 16.9 Å². The first-order valence-corrected chi connectivity index (χ1v) is 5.39. The second-order valence-corrected chi connectivity index (χ2v) is 4.17. The van der Waals surface area contributed by atoms with Crippen molar-refractivity contribution in [2.45, 2.75) is 18.9 Å². The van der Waals surface area contributed by atoms with Gasteiger partial charge < -0.3 is 9.90 Å². The van der Waals surface area contributed by atoms with Crippen molar-refractivity contribution in [1.29, 1.82) is 0 Å². The van der Waals surface area contributed by atoms with Crippen molar-refractivity contribution < 1.29 is 19.5 Å². The Morgan fingerprint density at radius 1 is 1.39 bits per heavy atom. The average molecular weight is 245 g/mol. The third kappa shape index (κ3) is 1.73. The van der Waals surface area contributed by atoms with Crippen LogP contribution in [0.3, 0.4) is 0 Å². The maximum Gasteiger partial charge on any atom is 0.306 e. The molecule has 1 aliphatic rings. The summed E-state index contributed by atoms with van der Waals surface area (Å²) in [6, 6.07) is 6.77. The number of Topliss-reactive ketones (excluding diaryl/α,β-unsaturated/α-hetero) is 1. The maximum atomic E-state index is 11.7. The van der Waals surface area contributed by atoms with E-state index >= 15 is 0 Å². The topological polar surface area (TPSA) is 83.8 Å². The number of aldehydes is 1. The van der Waals surface area contributed by atoms with Crippen LogP contribution in [0.5, 0.6) is 0 Å². The zero-order valence-corrected chi connectivity index (χ0v) is 9.71. The SMILES string of the molecule is CC(=O)C1=c2ccccc2=NC1(C=O)CC(=O)O. The van der Waals surface area contributed by atoms with Crippen LogP contribution in [0, 0.1) is 0 Å². The van der Waals surface area contributed by atoms with E-state index in [1.807, 2.05) is 0 Å². The maximum absolute atomic E-state index is 11.7. The number of fused-ring (bicyclic) bond motifs is 1. The van der Waals surface area contributed by atoms with Gasteiger partial charge in [-0.2, -0.15) is 0 Å². The molecular weight excluding hydrogens is 234 g/mol. The monoisotopic (exact) mass is 245 g/mol. The van der Waals surface area contributed by atoms with E-state index in [1.54, 1.807) is 24.3 Å². The summed E-state index contributed by atoms with van der Waals surface area (Å²) < 4.78 is 0. The van der Waals surface area contributed by atoms with Gasteiger partial charge in [-0.05, 0) is 13.0 Å². The van der Waals surface area contributed by atoms with Crippen LogP contribution in [0.15, 0.2) is 29.3 Å². The second-order valence-electron chi connectivity index (χ2n) is 4.17. The molecule has 0 saturated heterocycles. The van der Waals surface area contributed by atoms with Gasteiger partial charge in [0.15, 0.2) is 17.6 Å². The Kier molecular flexibility index (Phi) is 2.82. The minimum absolute atomic E-state index is 0.163. The number of carboxylic acid groups (broad SMARTS) is 1. The standard InChI is InChI=1S/C13H11NO4/c1-8(16)12-9-4-2-3-5-10(9)14-13(12,7-15)6-11(17)18/h2-5,7H,6H2,1H3,(H,17,18). The quantitative estimate of drug-likeness (QED) is 0.723. The zero-order valence-electron chi connectivity index (χ0n) is 9.71. The fourth-order valence-corrected chi connectivity index (χ4v) is 2.27. The largest absolute Gasteiger partial charge is 0.481 e. The van der Waals surface area contributed by atoms with Crippen LogP contribution in [0.25, 0.3) is 5.57 Å². The van der Waals surface area contributed by atoms with Crippen LogP contribution in [-0.4, -0.2) is 28.7 Å². The average Bonchev–Trinajstić information content (AvgIpc) is 2.62. The fourth-order valence-electron chi connectivity index (χ4n) is 2.27. The first-order chi connectivity index (χ1) is 8.50. The van der Waals surface area contributed by atoms with Gasteiger partial charge in [0.05, 0.1) is 11.8 Å². The number of nitrogens with zero attached hydrogens (tertiary/aromatic N) is 1. The molecule has 1 aromatic carbocycles. The smallest absolute Gasteiger partial charge is 0.306 e. The minimum atomic E-state index is -1.58. The molecule has 1 aliphatic heterocycles. The van der Waals surface area contributed by atoms with E-state index in [-0.39, 0.29) is 11.4 Å². The molecule has 0 fully saturated rings. The molecule has 0 spiro atoms. The molecule has 0 bridgehead atoms. The van der Waals surface area contributed by atoms with Crippen molar-refractivity contribution in [2.75, 3.05) is 0 Å². The molecule has 18 heavy (non-hydrogen) atoms. The summed E-state index contributed by atoms with van der Waals surface area (Å²) in [5.74, 6) is -1.51. The van der Waals surface area contributed by atoms with E-state index in [2.05, 4.69) is 4.99 Å². The lowest BCUT2D eigenvalue weighted by molar-refractivity contribution is -0.139. The summed E-state index contributed by atoms with van der Waals surface area (Å²) in [6.07, 6.45) is -0.0715. The molecule has 1 N–H and O–H groups in total. The van der Waals surface area contributed by atoms with E-state index in [0.717, 1.165) is 0 Å². The van der Waals surface area contributed by atoms with Crippen LogP contribution >= 0.6 is 0 Å². The van der Waals surface area contributed by atoms with Gasteiger partial charge in [-0.15, -0.1) is 0 Å². The van der Waals surface area contributed by atoms with Crippen LogP contribution < -0.4 is 10.6 Å². The number of carbonyl (C=O) groups is 3. The highest BCUT2D eigenvalue weighted by molar-refractivity contribution is 6.21. The van der Waals surface area contributed by atoms with Gasteiger partial charge in [0.2, 0.25) is 0 Å². The third-order valence-electron chi connectivity index (χ3n) is 2.89. The molecule has 92 valence electrons. The minimum Gasteiger partial charge on any atom is -0.481 e. The lowest BCUT2D eigenvalue weighted by Gasteiger charge is -2.19. The lowest BCUT2D eigenvalue weighted by Crippen LogP contribution is -2.36. The van der Waals surface area contributed by atoms with E-state index in [4.69, 9.17) is 5.11 Å². The predicted octanol–water partition coefficient (Wildman–Crippen LogP) is -0.528. The zero-order chi connectivity index (χ0) is 13.3.